The number of aliphatic hydroxyl groups is 19. The Morgan fingerprint density at radius 3 is 1.53 bits per heavy atom. The number of fused-ring (bicyclic) bond motifs is 7. The lowest BCUT2D eigenvalue weighted by molar-refractivity contribution is -0.391. The molecule has 0 bridgehead atoms. The summed E-state index contributed by atoms with van der Waals surface area (Å²) in [4.78, 5) is 43.3. The van der Waals surface area contributed by atoms with Gasteiger partial charge in [0.15, 0.2) is 49.9 Å². The third-order valence-electron chi connectivity index (χ3n) is 26.8. The van der Waals surface area contributed by atoms with Gasteiger partial charge in [0, 0.05) is 0 Å². The molecule has 0 aromatic carbocycles. The molecular weight excluding hydrogens is 1430 g/mol. The van der Waals surface area contributed by atoms with E-state index < -0.39 is 298 Å². The van der Waals surface area contributed by atoms with Crippen LogP contribution in [0.5, 0.6) is 0 Å². The van der Waals surface area contributed by atoms with E-state index in [1.165, 1.54) is 13.8 Å². The zero-order chi connectivity index (χ0) is 78.2. The topological polar surface area (TPSA) is 585 Å². The second-order valence-electron chi connectivity index (χ2n) is 33.6. The maximum atomic E-state index is 16.0. The highest BCUT2D eigenvalue weighted by Crippen LogP contribution is 2.76. The van der Waals surface area contributed by atoms with E-state index in [0.717, 1.165) is 11.9 Å². The Kier molecular flexibility index (Phi) is 24.5. The molecule has 107 heavy (non-hydrogen) atoms. The van der Waals surface area contributed by atoms with Gasteiger partial charge >= 0.3 is 11.9 Å². The minimum Gasteiger partial charge on any atom is -0.479 e. The van der Waals surface area contributed by atoms with Crippen LogP contribution in [0.15, 0.2) is 11.6 Å². The van der Waals surface area contributed by atoms with Crippen LogP contribution in [-0.4, -0.2) is 362 Å². The van der Waals surface area contributed by atoms with Crippen LogP contribution in [0, 0.1) is 50.2 Å². The van der Waals surface area contributed by atoms with Crippen molar-refractivity contribution in [2.45, 2.75) is 328 Å². The number of hydrogen-bond donors (Lipinski definition) is 20. The van der Waals surface area contributed by atoms with Crippen LogP contribution in [0.4, 0.5) is 0 Å². The Morgan fingerprint density at radius 1 is 0.486 bits per heavy atom. The number of aliphatic hydroxyl groups excluding tert-OH is 19. The lowest BCUT2D eigenvalue weighted by atomic mass is 9.33. The molecule has 5 aliphatic carbocycles. The molecule has 4 saturated carbocycles. The van der Waals surface area contributed by atoms with E-state index in [-0.39, 0.29) is 25.2 Å². The number of aldehydes is 1. The van der Waals surface area contributed by atoms with Crippen molar-refractivity contribution in [3.8, 4) is 0 Å². The predicted molar refractivity (Wildman–Crippen MR) is 348 cm³/mol. The summed E-state index contributed by atoms with van der Waals surface area (Å²) in [6.07, 6.45) is -57.8. The standard InChI is InChI=1S/C70H110O37/c1-24-50(101-57-43(84)36(77)28(74)21-94-57)42(83)47(88)59(96-24)102-51-25(2)97-62(54(48(51)89)105-60-45(86)40(81)38(79)30(19-71)98-60)107-64(93)70-16-15-65(3,4)17-27(70)26-9-10-33-66(5)13-12-35(67(6,23-73)32(66)11-14-68(33,7)69(26,8)18-34(70)76)100-63-55(106-61-46(87)41(82)39(80)31(20-72)99-61)52(49(90)53(104-63)56(91)92)103-58-44(85)37(78)29(75)22-95-58/h9,23-25,27-55,57-63,71-72,74-90H,10-22H2,1-8H3,(H,91,92)/t24?,25-,27+,28?,29-,30?,31-,32?,33?,34-,35+,36?,37+,38?,39+,40?,41+,42?,43?,44-,45?,46-,47?,48+,49+,50?,51+,52+,53+,54-,55-,57?,58+,59?,60?,61+,62+,63-,66+,67+,68-,69-,70-/m0/s1. The Hall–Kier alpha value is -2.93. The van der Waals surface area contributed by atoms with Crippen molar-refractivity contribution in [1.82, 2.24) is 0 Å². The van der Waals surface area contributed by atoms with Crippen molar-refractivity contribution in [3.63, 3.8) is 0 Å². The van der Waals surface area contributed by atoms with Crippen molar-refractivity contribution in [3.05, 3.63) is 11.6 Å². The number of aliphatic carboxylic acids is 1. The lowest BCUT2D eigenvalue weighted by Crippen LogP contribution is -2.69. The number of carboxylic acids is 1. The molecule has 0 spiro atoms. The largest absolute Gasteiger partial charge is 0.479 e. The van der Waals surface area contributed by atoms with Crippen LogP contribution < -0.4 is 0 Å². The Balaban J connectivity index is 0.815. The van der Waals surface area contributed by atoms with Gasteiger partial charge in [0.05, 0.1) is 56.3 Å². The van der Waals surface area contributed by atoms with Crippen molar-refractivity contribution in [2.24, 2.45) is 50.2 Å². The molecule has 20 N–H and O–H groups in total. The van der Waals surface area contributed by atoms with Crippen molar-refractivity contribution < 1.29 is 183 Å². The van der Waals surface area contributed by atoms with E-state index in [2.05, 4.69) is 26.8 Å². The third-order valence-corrected chi connectivity index (χ3v) is 26.8. The molecule has 12 rings (SSSR count). The van der Waals surface area contributed by atoms with Gasteiger partial charge < -0.3 is 173 Å². The Morgan fingerprint density at radius 2 is 0.981 bits per heavy atom. The second kappa shape index (κ2) is 31.4. The maximum Gasteiger partial charge on any atom is 0.335 e. The van der Waals surface area contributed by atoms with Crippen LogP contribution in [0.25, 0.3) is 0 Å². The molecule has 7 heterocycles. The van der Waals surface area contributed by atoms with Gasteiger partial charge in [0.25, 0.3) is 0 Å². The molecule has 16 unspecified atom stereocenters. The summed E-state index contributed by atoms with van der Waals surface area (Å²) in [5.41, 5.74) is -5.10. The molecule has 43 atom stereocenters. The lowest BCUT2D eigenvalue weighted by Gasteiger charge is -2.71. The number of allylic oxidation sites excluding steroid dienone is 2. The molecule has 37 heteroatoms. The number of ether oxygens (including phenoxy) is 14. The third kappa shape index (κ3) is 14.3. The minimum absolute atomic E-state index is 0.00304. The molecule has 612 valence electrons. The van der Waals surface area contributed by atoms with Gasteiger partial charge in [-0.25, -0.2) is 4.79 Å². The van der Waals surface area contributed by atoms with Gasteiger partial charge in [-0.05, 0) is 111 Å². The van der Waals surface area contributed by atoms with Gasteiger partial charge in [-0.1, -0.05) is 53.2 Å². The molecule has 11 fully saturated rings. The van der Waals surface area contributed by atoms with Crippen LogP contribution in [0.3, 0.4) is 0 Å². The normalized spacial score (nSPS) is 55.0. The van der Waals surface area contributed by atoms with Gasteiger partial charge in [0.2, 0.25) is 6.29 Å². The number of rotatable bonds is 18. The molecule has 37 nitrogen and oxygen atoms in total. The van der Waals surface area contributed by atoms with E-state index in [4.69, 9.17) is 66.3 Å². The number of hydrogen-bond acceptors (Lipinski definition) is 36. The van der Waals surface area contributed by atoms with Crippen LogP contribution in [0.1, 0.15) is 113 Å². The first-order valence-corrected chi connectivity index (χ1v) is 37.0. The molecule has 0 amide bonds. The zero-order valence-electron chi connectivity index (χ0n) is 60.7. The maximum absolute atomic E-state index is 16.0. The van der Waals surface area contributed by atoms with Gasteiger partial charge in [0.1, 0.15) is 146 Å². The zero-order valence-corrected chi connectivity index (χ0v) is 60.7. The van der Waals surface area contributed by atoms with Gasteiger partial charge in [-0.15, -0.1) is 0 Å². The first-order chi connectivity index (χ1) is 50.2. The molecule has 0 radical (unpaired) electrons. The van der Waals surface area contributed by atoms with Crippen molar-refractivity contribution in [2.75, 3.05) is 26.4 Å². The van der Waals surface area contributed by atoms with Gasteiger partial charge in [-0.3, -0.25) is 4.79 Å². The average molecular weight is 1540 g/mol. The molecular formula is C70H110O37. The summed E-state index contributed by atoms with van der Waals surface area (Å²) in [6, 6.07) is 0. The van der Waals surface area contributed by atoms with Crippen LogP contribution >= 0.6 is 0 Å². The fraction of sp³-hybridized carbons (Fsp3) is 0.929. The van der Waals surface area contributed by atoms with E-state index >= 15 is 4.79 Å². The summed E-state index contributed by atoms with van der Waals surface area (Å²) in [7, 11) is 0. The number of carboxylic acid groups (broad SMARTS) is 1. The summed E-state index contributed by atoms with van der Waals surface area (Å²) in [6.45, 7) is 12.1. The van der Waals surface area contributed by atoms with E-state index in [1.807, 2.05) is 13.8 Å². The van der Waals surface area contributed by atoms with E-state index in [0.29, 0.717) is 38.5 Å². The molecule has 0 aromatic heterocycles. The monoisotopic (exact) mass is 1540 g/mol. The quantitative estimate of drug-likeness (QED) is 0.0262. The first kappa shape index (κ1) is 83.5. The summed E-state index contributed by atoms with van der Waals surface area (Å²) < 4.78 is 84.3. The smallest absolute Gasteiger partial charge is 0.335 e. The van der Waals surface area contributed by atoms with Crippen molar-refractivity contribution in [1.29, 1.82) is 0 Å². The molecule has 7 aliphatic heterocycles. The molecule has 12 aliphatic rings. The summed E-state index contributed by atoms with van der Waals surface area (Å²) in [5.74, 6) is -4.23. The number of carbonyl (C=O) groups is 3. The number of carbonyl (C=O) groups excluding carboxylic acids is 2. The molecule has 7 saturated heterocycles. The highest BCUT2D eigenvalue weighted by molar-refractivity contribution is 5.80. The SMILES string of the molecule is CC1OC(O[C@H]2[C@@H](O)[C@H](OC3OC(CO)C(O)C(O)C3O)[C@@H](OC(=O)[C@@]34CCC(C)(C)C[C@@H]3C3=CCC5[C@]6(C)CC[C@@H](O[C@H]7O[C@@H](C(=O)O)[C@H](O)[C@@H](O[C@H]8OC[C@H](O)[C@@H](O)[C@@H]8O)[C@@H]7O[C@H]7O[C@@H](CO)[C@@H](O)[C@@H](O)[C@@H]7O)[C@](C)(C=O)C6CC[C@]5(C)[C@@]3(C)C[C@@H]4O)O[C@H]2C)C(O)C(O)C1OC1OCC(O)C(O)C1O. The predicted octanol–water partition coefficient (Wildman–Crippen LogP) is -6.99. The summed E-state index contributed by atoms with van der Waals surface area (Å²) in [5, 5.41) is 220. The first-order valence-electron chi connectivity index (χ1n) is 37.0. The fourth-order valence-electron chi connectivity index (χ4n) is 20.3. The highest BCUT2D eigenvalue weighted by atomic mass is 16.8. The van der Waals surface area contributed by atoms with Crippen LogP contribution in [-0.2, 0) is 80.7 Å². The average Bonchev–Trinajstić information content (AvgIpc) is 0.670. The van der Waals surface area contributed by atoms with Crippen LogP contribution in [0.2, 0.25) is 0 Å². The fourth-order valence-corrected chi connectivity index (χ4v) is 20.3. The summed E-state index contributed by atoms with van der Waals surface area (Å²) >= 11 is 0. The van der Waals surface area contributed by atoms with Crippen molar-refractivity contribution >= 4 is 18.2 Å². The number of esters is 1. The second-order valence-corrected chi connectivity index (χ2v) is 33.6. The Labute approximate surface area is 615 Å². The van der Waals surface area contributed by atoms with Gasteiger partial charge in [-0.2, -0.15) is 0 Å². The minimum atomic E-state index is -2.23. The Bertz CT molecular complexity index is 3130. The van der Waals surface area contributed by atoms with E-state index in [9.17, 15) is 112 Å². The molecule has 0 aromatic rings. The highest BCUT2D eigenvalue weighted by Gasteiger charge is 2.73. The van der Waals surface area contributed by atoms with E-state index in [1.54, 1.807) is 6.92 Å².